The predicted octanol–water partition coefficient (Wildman–Crippen LogP) is 5.35. The molecule has 1 N–H and O–H groups in total. The highest BCUT2D eigenvalue weighted by Crippen LogP contribution is 2.32. The number of carbonyl (C=O) groups excluding carboxylic acids is 1. The molecule has 0 aliphatic heterocycles. The van der Waals surface area contributed by atoms with Gasteiger partial charge >= 0.3 is 0 Å². The van der Waals surface area contributed by atoms with Crippen molar-refractivity contribution in [2.45, 2.75) is 11.4 Å². The van der Waals surface area contributed by atoms with Gasteiger partial charge < -0.3 is 5.32 Å². The maximum absolute atomic E-state index is 13.6. The van der Waals surface area contributed by atoms with E-state index in [2.05, 4.69) is 11.4 Å². The Hall–Kier alpha value is -4.67. The van der Waals surface area contributed by atoms with Gasteiger partial charge in [0.15, 0.2) is 0 Å². The van der Waals surface area contributed by atoms with Gasteiger partial charge in [0.05, 0.1) is 22.0 Å². The van der Waals surface area contributed by atoms with Gasteiger partial charge in [0.1, 0.15) is 0 Å². The number of benzene rings is 4. The number of fused-ring (bicyclic) bond motifs is 1. The first-order valence-electron chi connectivity index (χ1n) is 11.3. The Morgan fingerprint density at radius 3 is 2.19 bits per heavy atom. The van der Waals surface area contributed by atoms with E-state index >= 15 is 0 Å². The Morgan fingerprint density at radius 1 is 0.833 bits per heavy atom. The van der Waals surface area contributed by atoms with Crippen LogP contribution in [0.1, 0.15) is 21.5 Å². The van der Waals surface area contributed by atoms with Crippen LogP contribution in [-0.2, 0) is 16.6 Å². The Kier molecular flexibility index (Phi) is 6.11. The van der Waals surface area contributed by atoms with Gasteiger partial charge in [0.25, 0.3) is 15.9 Å². The maximum Gasteiger partial charge on any atom is 0.268 e. The fourth-order valence-electron chi connectivity index (χ4n) is 4.07. The van der Waals surface area contributed by atoms with Crippen LogP contribution in [0.15, 0.2) is 114 Å². The standard InChI is InChI=1S/C29H21N3O3S/c30-18-21-10-12-22(13-11-21)19-31-29(33)24-14-16-25(17-15-24)36(34,35)32-20-27(23-6-2-1-3-7-23)26-8-4-5-9-28(26)32/h1-17,20H,19H2,(H,31,33). The Labute approximate surface area is 209 Å². The summed E-state index contributed by atoms with van der Waals surface area (Å²) in [5.74, 6) is -0.318. The summed E-state index contributed by atoms with van der Waals surface area (Å²) < 4.78 is 28.4. The van der Waals surface area contributed by atoms with Crippen LogP contribution in [0.25, 0.3) is 22.0 Å². The topological polar surface area (TPSA) is 92.0 Å². The Balaban J connectivity index is 1.40. The van der Waals surface area contributed by atoms with Gasteiger partial charge in [0.2, 0.25) is 0 Å². The lowest BCUT2D eigenvalue weighted by atomic mass is 10.1. The molecular weight excluding hydrogens is 470 g/mol. The van der Waals surface area contributed by atoms with Crippen molar-refractivity contribution in [1.82, 2.24) is 9.29 Å². The summed E-state index contributed by atoms with van der Waals surface area (Å²) in [7, 11) is -3.90. The molecule has 0 saturated heterocycles. The zero-order valence-electron chi connectivity index (χ0n) is 19.1. The number of aromatic nitrogens is 1. The van der Waals surface area contributed by atoms with Crippen molar-refractivity contribution < 1.29 is 13.2 Å². The second-order valence-corrected chi connectivity index (χ2v) is 10.1. The van der Waals surface area contributed by atoms with Crippen molar-refractivity contribution in [1.29, 1.82) is 5.26 Å². The highest BCUT2D eigenvalue weighted by atomic mass is 32.2. The number of amides is 1. The third-order valence-electron chi connectivity index (χ3n) is 5.97. The fourth-order valence-corrected chi connectivity index (χ4v) is 5.44. The van der Waals surface area contributed by atoms with Crippen LogP contribution in [0.3, 0.4) is 0 Å². The van der Waals surface area contributed by atoms with Crippen LogP contribution in [0, 0.1) is 11.3 Å². The quantitative estimate of drug-likeness (QED) is 0.347. The van der Waals surface area contributed by atoms with E-state index in [9.17, 15) is 13.2 Å². The fraction of sp³-hybridized carbons (Fsp3) is 0.0345. The Morgan fingerprint density at radius 2 is 1.50 bits per heavy atom. The molecule has 1 aromatic heterocycles. The van der Waals surface area contributed by atoms with Crippen molar-refractivity contribution in [2.24, 2.45) is 0 Å². The SMILES string of the molecule is N#Cc1ccc(CNC(=O)c2ccc(S(=O)(=O)n3cc(-c4ccccc4)c4ccccc43)cc2)cc1. The van der Waals surface area contributed by atoms with Crippen molar-refractivity contribution in [2.75, 3.05) is 0 Å². The second-order valence-electron chi connectivity index (χ2n) is 8.24. The molecule has 36 heavy (non-hydrogen) atoms. The van der Waals surface area contributed by atoms with E-state index in [-0.39, 0.29) is 10.8 Å². The van der Waals surface area contributed by atoms with Gasteiger partial charge in [-0.25, -0.2) is 12.4 Å². The largest absolute Gasteiger partial charge is 0.348 e. The molecule has 0 atom stereocenters. The molecule has 7 heteroatoms. The summed E-state index contributed by atoms with van der Waals surface area (Å²) in [4.78, 5) is 12.7. The number of rotatable bonds is 6. The van der Waals surface area contributed by atoms with Gasteiger partial charge in [-0.15, -0.1) is 0 Å². The average Bonchev–Trinajstić information content (AvgIpc) is 3.33. The number of nitrogens with zero attached hydrogens (tertiary/aromatic N) is 2. The monoisotopic (exact) mass is 491 g/mol. The predicted molar refractivity (Wildman–Crippen MR) is 139 cm³/mol. The Bertz CT molecular complexity index is 1700. The van der Waals surface area contributed by atoms with E-state index in [1.54, 1.807) is 36.5 Å². The van der Waals surface area contributed by atoms with E-state index in [1.807, 2.05) is 48.5 Å². The first-order valence-corrected chi connectivity index (χ1v) is 12.7. The molecule has 4 aromatic carbocycles. The molecule has 6 nitrogen and oxygen atoms in total. The van der Waals surface area contributed by atoms with E-state index in [1.165, 1.54) is 28.2 Å². The molecule has 5 rings (SSSR count). The third kappa shape index (κ3) is 4.38. The summed E-state index contributed by atoms with van der Waals surface area (Å²) in [5, 5.41) is 12.5. The first-order chi connectivity index (χ1) is 17.5. The van der Waals surface area contributed by atoms with Gasteiger partial charge in [-0.05, 0) is 53.6 Å². The lowest BCUT2D eigenvalue weighted by Crippen LogP contribution is -2.22. The van der Waals surface area contributed by atoms with Crippen molar-refractivity contribution in [3.05, 3.63) is 126 Å². The molecule has 0 bridgehead atoms. The molecule has 0 spiro atoms. The number of nitriles is 1. The van der Waals surface area contributed by atoms with Crippen LogP contribution in [0.2, 0.25) is 0 Å². The van der Waals surface area contributed by atoms with Crippen LogP contribution >= 0.6 is 0 Å². The minimum absolute atomic E-state index is 0.0894. The van der Waals surface area contributed by atoms with Crippen molar-refractivity contribution in [3.8, 4) is 17.2 Å². The summed E-state index contributed by atoms with van der Waals surface area (Å²) in [6.45, 7) is 0.294. The number of nitrogens with one attached hydrogen (secondary N) is 1. The van der Waals surface area contributed by atoms with Gasteiger partial charge in [-0.3, -0.25) is 4.79 Å². The molecule has 0 aliphatic rings. The first kappa shape index (κ1) is 23.1. The molecule has 0 radical (unpaired) electrons. The third-order valence-corrected chi connectivity index (χ3v) is 7.66. The zero-order chi connectivity index (χ0) is 25.1. The van der Waals surface area contributed by atoms with Crippen LogP contribution in [0.4, 0.5) is 0 Å². The highest BCUT2D eigenvalue weighted by Gasteiger charge is 2.22. The highest BCUT2D eigenvalue weighted by molar-refractivity contribution is 7.90. The molecule has 0 unspecified atom stereocenters. The van der Waals surface area contributed by atoms with Crippen LogP contribution in [-0.4, -0.2) is 18.3 Å². The van der Waals surface area contributed by atoms with E-state index in [0.717, 1.165) is 22.1 Å². The van der Waals surface area contributed by atoms with Crippen LogP contribution < -0.4 is 5.32 Å². The smallest absolute Gasteiger partial charge is 0.268 e. The second kappa shape index (κ2) is 9.53. The molecule has 1 heterocycles. The van der Waals surface area contributed by atoms with Crippen molar-refractivity contribution >= 4 is 26.8 Å². The summed E-state index contributed by atoms with van der Waals surface area (Å²) in [5.41, 5.74) is 4.10. The summed E-state index contributed by atoms with van der Waals surface area (Å²) >= 11 is 0. The number of para-hydroxylation sites is 1. The average molecular weight is 492 g/mol. The number of hydrogen-bond acceptors (Lipinski definition) is 4. The normalized spacial score (nSPS) is 11.2. The molecule has 5 aromatic rings. The molecule has 0 aliphatic carbocycles. The maximum atomic E-state index is 13.6. The van der Waals surface area contributed by atoms with E-state index in [0.29, 0.717) is 23.2 Å². The molecule has 0 fully saturated rings. The molecule has 176 valence electrons. The van der Waals surface area contributed by atoms with Gasteiger partial charge in [-0.2, -0.15) is 5.26 Å². The minimum atomic E-state index is -3.90. The van der Waals surface area contributed by atoms with E-state index in [4.69, 9.17) is 5.26 Å². The summed E-state index contributed by atoms with van der Waals surface area (Å²) in [6.07, 6.45) is 1.65. The minimum Gasteiger partial charge on any atom is -0.348 e. The number of hydrogen-bond donors (Lipinski definition) is 1. The number of carbonyl (C=O) groups is 1. The van der Waals surface area contributed by atoms with Crippen LogP contribution in [0.5, 0.6) is 0 Å². The van der Waals surface area contributed by atoms with Crippen molar-refractivity contribution in [3.63, 3.8) is 0 Å². The van der Waals surface area contributed by atoms with Gasteiger partial charge in [-0.1, -0.05) is 60.7 Å². The lowest BCUT2D eigenvalue weighted by molar-refractivity contribution is 0.0951. The molecular formula is C29H21N3O3S. The summed E-state index contributed by atoms with van der Waals surface area (Å²) in [6, 6.07) is 31.9. The lowest BCUT2D eigenvalue weighted by Gasteiger charge is -2.09. The molecule has 1 amide bonds. The van der Waals surface area contributed by atoms with E-state index < -0.39 is 10.0 Å². The molecule has 0 saturated carbocycles. The zero-order valence-corrected chi connectivity index (χ0v) is 19.9. The van der Waals surface area contributed by atoms with Gasteiger partial charge in [0, 0.05) is 29.3 Å².